The molecule has 146 valence electrons. The van der Waals surface area contributed by atoms with E-state index >= 15 is 0 Å². The number of aryl methyl sites for hydroxylation is 1. The average molecular weight is 381 g/mol. The number of fused-ring (bicyclic) bond motifs is 1. The van der Waals surface area contributed by atoms with E-state index in [-0.39, 0.29) is 11.6 Å². The summed E-state index contributed by atoms with van der Waals surface area (Å²) < 4.78 is 9.46. The molecule has 0 aromatic carbocycles. The van der Waals surface area contributed by atoms with Gasteiger partial charge in [0.05, 0.1) is 19.0 Å². The van der Waals surface area contributed by atoms with Gasteiger partial charge in [0.25, 0.3) is 5.56 Å². The van der Waals surface area contributed by atoms with Crippen LogP contribution in [0.5, 0.6) is 0 Å². The number of rotatable bonds is 5. The normalized spacial score (nSPS) is 22.6. The molecule has 0 atom stereocenters. The minimum absolute atomic E-state index is 0.0396. The van der Waals surface area contributed by atoms with Crippen molar-refractivity contribution in [2.75, 3.05) is 10.6 Å². The van der Waals surface area contributed by atoms with Crippen molar-refractivity contribution in [3.8, 4) is 0 Å². The van der Waals surface area contributed by atoms with Crippen molar-refractivity contribution in [3.05, 3.63) is 47.3 Å². The molecule has 4 rings (SSSR count). The maximum Gasteiger partial charge on any atom is 0.262 e. The summed E-state index contributed by atoms with van der Waals surface area (Å²) >= 11 is 0. The lowest BCUT2D eigenvalue weighted by Crippen LogP contribution is -2.29. The van der Waals surface area contributed by atoms with Gasteiger partial charge in [-0.05, 0) is 50.1 Å². The van der Waals surface area contributed by atoms with Gasteiger partial charge >= 0.3 is 0 Å². The third-order valence-electron chi connectivity index (χ3n) is 5.02. The molecular weight excluding hydrogens is 356 g/mol. The number of hydrogen-bond donors (Lipinski definition) is 3. The molecule has 8 heteroatoms. The quantitative estimate of drug-likeness (QED) is 0.624. The Bertz CT molecular complexity index is 1060. The lowest BCUT2D eigenvalue weighted by molar-refractivity contribution is 0.126. The molecule has 3 aromatic rings. The Hall–Kier alpha value is -3.00. The zero-order chi connectivity index (χ0) is 20.4. The third kappa shape index (κ3) is 3.82. The molecule has 28 heavy (non-hydrogen) atoms. The van der Waals surface area contributed by atoms with Gasteiger partial charge < -0.3 is 20.3 Å². The van der Waals surface area contributed by atoms with Crippen molar-refractivity contribution >= 4 is 28.2 Å². The SMILES string of the molecule is [2H][C@]1(O)CC[C@@H](Nc2nc(Nc3cnccn3)cc3ccn(CC)c(=O)c23)CC1. The highest BCUT2D eigenvalue weighted by Gasteiger charge is 2.21. The van der Waals surface area contributed by atoms with Crippen molar-refractivity contribution in [1.29, 1.82) is 0 Å². The van der Waals surface area contributed by atoms with E-state index in [1.165, 1.54) is 0 Å². The third-order valence-corrected chi connectivity index (χ3v) is 5.02. The van der Waals surface area contributed by atoms with Gasteiger partial charge in [-0.15, -0.1) is 0 Å². The summed E-state index contributed by atoms with van der Waals surface area (Å²) in [6.07, 6.45) is 7.25. The fourth-order valence-electron chi connectivity index (χ4n) is 3.50. The number of aliphatic hydroxyl groups is 1. The van der Waals surface area contributed by atoms with Crippen LogP contribution in [0.4, 0.5) is 17.5 Å². The van der Waals surface area contributed by atoms with Crippen molar-refractivity contribution in [3.63, 3.8) is 0 Å². The number of pyridine rings is 2. The standard InChI is InChI=1S/C20H24N6O2/c1-2-26-10-7-13-11-16(24-17-12-21-8-9-22-17)25-19(18(13)20(26)28)23-14-3-5-15(27)6-4-14/h7-12,14-15,27H,2-6H2,1H3,(H2,22,23,24,25)/t14-,15+/i15D. The van der Waals surface area contributed by atoms with E-state index in [1.54, 1.807) is 29.4 Å². The van der Waals surface area contributed by atoms with Crippen molar-refractivity contribution in [2.24, 2.45) is 0 Å². The first-order valence-corrected chi connectivity index (χ1v) is 9.51. The Kier molecular flexibility index (Phi) is 4.85. The van der Waals surface area contributed by atoms with Gasteiger partial charge in [-0.3, -0.25) is 9.78 Å². The summed E-state index contributed by atoms with van der Waals surface area (Å²) in [5.41, 5.74) is -0.0983. The van der Waals surface area contributed by atoms with Crippen LogP contribution in [-0.2, 0) is 6.54 Å². The van der Waals surface area contributed by atoms with E-state index in [2.05, 4.69) is 25.6 Å². The Morgan fingerprint density at radius 3 is 2.82 bits per heavy atom. The molecule has 0 spiro atoms. The molecule has 0 aliphatic heterocycles. The monoisotopic (exact) mass is 381 g/mol. The Balaban J connectivity index is 1.73. The second-order valence-corrected chi connectivity index (χ2v) is 6.93. The van der Waals surface area contributed by atoms with Gasteiger partial charge in [-0.2, -0.15) is 0 Å². The van der Waals surface area contributed by atoms with E-state index in [1.807, 2.05) is 19.1 Å². The van der Waals surface area contributed by atoms with Crippen LogP contribution in [0.1, 0.15) is 34.0 Å². The Morgan fingerprint density at radius 1 is 1.29 bits per heavy atom. The van der Waals surface area contributed by atoms with Gasteiger partial charge in [-0.1, -0.05) is 0 Å². The van der Waals surface area contributed by atoms with E-state index in [0.29, 0.717) is 55.1 Å². The van der Waals surface area contributed by atoms with Crippen molar-refractivity contribution < 1.29 is 6.48 Å². The van der Waals surface area contributed by atoms with Crippen LogP contribution in [-0.4, -0.2) is 36.7 Å². The lowest BCUT2D eigenvalue weighted by Gasteiger charge is -2.27. The van der Waals surface area contributed by atoms with Crippen molar-refractivity contribution in [2.45, 2.75) is 51.3 Å². The molecule has 0 saturated heterocycles. The fraction of sp³-hybridized carbons (Fsp3) is 0.400. The zero-order valence-corrected chi connectivity index (χ0v) is 15.7. The second kappa shape index (κ2) is 7.93. The minimum atomic E-state index is -1.36. The van der Waals surface area contributed by atoms with Crippen molar-refractivity contribution in [1.82, 2.24) is 19.5 Å². The Labute approximate surface area is 164 Å². The molecule has 3 heterocycles. The van der Waals surface area contributed by atoms with Gasteiger partial charge in [0.2, 0.25) is 0 Å². The molecule has 8 nitrogen and oxygen atoms in total. The van der Waals surface area contributed by atoms with E-state index < -0.39 is 6.08 Å². The largest absolute Gasteiger partial charge is 0.393 e. The summed E-state index contributed by atoms with van der Waals surface area (Å²) in [4.78, 5) is 25.9. The lowest BCUT2D eigenvalue weighted by atomic mass is 9.93. The summed E-state index contributed by atoms with van der Waals surface area (Å²) in [7, 11) is 0. The first-order valence-electron chi connectivity index (χ1n) is 10.0. The summed E-state index contributed by atoms with van der Waals surface area (Å²) in [6.45, 7) is 2.50. The van der Waals surface area contributed by atoms with Gasteiger partial charge in [0.15, 0.2) is 0 Å². The van der Waals surface area contributed by atoms with Crippen LogP contribution in [0.2, 0.25) is 0 Å². The zero-order valence-electron chi connectivity index (χ0n) is 16.7. The highest BCUT2D eigenvalue weighted by molar-refractivity contribution is 5.93. The van der Waals surface area contributed by atoms with E-state index in [0.717, 1.165) is 5.39 Å². The van der Waals surface area contributed by atoms with Crippen LogP contribution in [0, 0.1) is 0 Å². The Morgan fingerprint density at radius 2 is 2.11 bits per heavy atom. The molecule has 3 aromatic heterocycles. The molecule has 0 bridgehead atoms. The van der Waals surface area contributed by atoms with Crippen LogP contribution in [0.25, 0.3) is 10.8 Å². The smallest absolute Gasteiger partial charge is 0.262 e. The molecular formula is C20H24N6O2. The van der Waals surface area contributed by atoms with E-state index in [9.17, 15) is 9.90 Å². The van der Waals surface area contributed by atoms with Crippen LogP contribution >= 0.6 is 0 Å². The number of aromatic nitrogens is 4. The topological polar surface area (TPSA) is 105 Å². The highest BCUT2D eigenvalue weighted by Crippen LogP contribution is 2.27. The minimum Gasteiger partial charge on any atom is -0.393 e. The van der Waals surface area contributed by atoms with Crippen LogP contribution < -0.4 is 16.2 Å². The number of hydrogen-bond acceptors (Lipinski definition) is 7. The summed E-state index contributed by atoms with van der Waals surface area (Å²) in [5.74, 6) is 1.62. The molecule has 0 radical (unpaired) electrons. The summed E-state index contributed by atoms with van der Waals surface area (Å²) in [6, 6.07) is 3.76. The summed E-state index contributed by atoms with van der Waals surface area (Å²) in [5, 5.41) is 17.7. The van der Waals surface area contributed by atoms with E-state index in [4.69, 9.17) is 1.37 Å². The number of anilines is 3. The molecule has 3 N–H and O–H groups in total. The maximum atomic E-state index is 13.0. The first-order chi connectivity index (χ1) is 13.9. The van der Waals surface area contributed by atoms with Crippen LogP contribution in [0.3, 0.4) is 0 Å². The van der Waals surface area contributed by atoms with Gasteiger partial charge in [0.1, 0.15) is 17.5 Å². The van der Waals surface area contributed by atoms with Crippen LogP contribution in [0.15, 0.2) is 41.7 Å². The molecule has 0 unspecified atom stereocenters. The molecule has 1 saturated carbocycles. The highest BCUT2D eigenvalue weighted by atomic mass is 16.3. The fourth-order valence-corrected chi connectivity index (χ4v) is 3.50. The predicted octanol–water partition coefficient (Wildman–Crippen LogP) is 2.67. The molecule has 1 fully saturated rings. The average Bonchev–Trinajstić information content (AvgIpc) is 2.70. The number of nitrogens with one attached hydrogen (secondary N) is 2. The maximum absolute atomic E-state index is 13.0. The first kappa shape index (κ1) is 17.1. The molecule has 1 aliphatic rings. The molecule has 0 amide bonds. The second-order valence-electron chi connectivity index (χ2n) is 6.93. The predicted molar refractivity (Wildman–Crippen MR) is 109 cm³/mol. The van der Waals surface area contributed by atoms with Gasteiger partial charge in [0, 0.05) is 31.2 Å². The number of nitrogens with zero attached hydrogens (tertiary/aromatic N) is 4. The van der Waals surface area contributed by atoms with Gasteiger partial charge in [-0.25, -0.2) is 9.97 Å². The molecule has 1 aliphatic carbocycles.